The Balaban J connectivity index is 1.84. The van der Waals surface area contributed by atoms with Gasteiger partial charge in [0.25, 0.3) is 5.56 Å². The van der Waals surface area contributed by atoms with Gasteiger partial charge in [-0.05, 0) is 48.6 Å². The Morgan fingerprint density at radius 1 is 1.28 bits per heavy atom. The predicted molar refractivity (Wildman–Crippen MR) is 118 cm³/mol. The van der Waals surface area contributed by atoms with Crippen molar-refractivity contribution >= 4 is 40.2 Å². The highest BCUT2D eigenvalue weighted by Gasteiger charge is 2.24. The van der Waals surface area contributed by atoms with Crippen molar-refractivity contribution in [2.24, 2.45) is 0 Å². The number of carbonyl (C=O) groups is 1. The summed E-state index contributed by atoms with van der Waals surface area (Å²) in [4.78, 5) is 30.4. The van der Waals surface area contributed by atoms with Crippen molar-refractivity contribution in [1.29, 1.82) is 0 Å². The van der Waals surface area contributed by atoms with E-state index in [-0.39, 0.29) is 23.1 Å². The van der Waals surface area contributed by atoms with Gasteiger partial charge in [-0.1, -0.05) is 55.4 Å². The number of benzene rings is 2. The lowest BCUT2D eigenvalue weighted by Crippen LogP contribution is -2.28. The Kier molecular flexibility index (Phi) is 5.65. The van der Waals surface area contributed by atoms with Crippen LogP contribution in [-0.4, -0.2) is 27.3 Å². The van der Waals surface area contributed by atoms with E-state index < -0.39 is 0 Å². The fraction of sp³-hybridized carbons (Fsp3) is 0.318. The average molecular weight is 428 g/mol. The highest BCUT2D eigenvalue weighted by atomic mass is 35.5. The summed E-state index contributed by atoms with van der Waals surface area (Å²) in [6.45, 7) is 4.18. The van der Waals surface area contributed by atoms with E-state index in [1.54, 1.807) is 22.8 Å². The number of nitrogens with one attached hydrogen (secondary N) is 1. The van der Waals surface area contributed by atoms with E-state index in [9.17, 15) is 9.59 Å². The van der Waals surface area contributed by atoms with Gasteiger partial charge in [0, 0.05) is 11.1 Å². The Morgan fingerprint density at radius 3 is 2.76 bits per heavy atom. The highest BCUT2D eigenvalue weighted by molar-refractivity contribution is 7.99. The molecule has 1 aliphatic carbocycles. The maximum atomic E-state index is 13.4. The van der Waals surface area contributed by atoms with Gasteiger partial charge in [0.05, 0.1) is 22.3 Å². The quantitative estimate of drug-likeness (QED) is 0.463. The van der Waals surface area contributed by atoms with Crippen LogP contribution in [-0.2, 0) is 4.79 Å². The smallest absolute Gasteiger partial charge is 0.266 e. The number of thioether (sulfide) groups is 1. The fourth-order valence-electron chi connectivity index (χ4n) is 3.25. The molecule has 1 aromatic heterocycles. The van der Waals surface area contributed by atoms with Crippen molar-refractivity contribution in [3.05, 3.63) is 63.4 Å². The standard InChI is InChI=1S/C22H22ClN3O2S/c1-13(2)16-5-3-4-6-19(16)26-21(28)17-10-7-14(23)11-18(17)25-22(26)29-12-20(27)24-15-8-9-15/h3-7,10-11,13,15H,8-9,12H2,1-2H3,(H,24,27). The van der Waals surface area contributed by atoms with Crippen LogP contribution in [0.2, 0.25) is 5.02 Å². The first-order valence-electron chi connectivity index (χ1n) is 9.68. The van der Waals surface area contributed by atoms with Crippen LogP contribution in [0.25, 0.3) is 16.6 Å². The zero-order valence-electron chi connectivity index (χ0n) is 16.3. The molecule has 29 heavy (non-hydrogen) atoms. The fourth-order valence-corrected chi connectivity index (χ4v) is 4.24. The summed E-state index contributed by atoms with van der Waals surface area (Å²) in [5.41, 5.74) is 2.21. The number of amides is 1. The van der Waals surface area contributed by atoms with Crippen molar-refractivity contribution in [2.75, 3.05) is 5.75 Å². The van der Waals surface area contributed by atoms with E-state index in [0.717, 1.165) is 24.1 Å². The summed E-state index contributed by atoms with van der Waals surface area (Å²) in [5.74, 6) is 0.399. The summed E-state index contributed by atoms with van der Waals surface area (Å²) < 4.78 is 1.63. The number of hydrogen-bond donors (Lipinski definition) is 1. The van der Waals surface area contributed by atoms with E-state index in [2.05, 4.69) is 19.2 Å². The van der Waals surface area contributed by atoms with E-state index in [1.807, 2.05) is 24.3 Å². The van der Waals surface area contributed by atoms with Crippen LogP contribution in [0.4, 0.5) is 0 Å². The number of halogens is 1. The summed E-state index contributed by atoms with van der Waals surface area (Å²) in [6, 6.07) is 13.2. The maximum Gasteiger partial charge on any atom is 0.266 e. The highest BCUT2D eigenvalue weighted by Crippen LogP contribution is 2.28. The molecule has 7 heteroatoms. The number of carbonyl (C=O) groups excluding carboxylic acids is 1. The second-order valence-corrected chi connectivity index (χ2v) is 8.92. The molecule has 150 valence electrons. The molecular formula is C22H22ClN3O2S. The molecular weight excluding hydrogens is 406 g/mol. The number of aromatic nitrogens is 2. The van der Waals surface area contributed by atoms with Gasteiger partial charge in [0.1, 0.15) is 0 Å². The van der Waals surface area contributed by atoms with Crippen LogP contribution in [0.15, 0.2) is 52.4 Å². The van der Waals surface area contributed by atoms with Crippen LogP contribution in [0.1, 0.15) is 38.2 Å². The van der Waals surface area contributed by atoms with E-state index >= 15 is 0 Å². The van der Waals surface area contributed by atoms with Crippen molar-refractivity contribution in [2.45, 2.75) is 43.8 Å². The van der Waals surface area contributed by atoms with Gasteiger partial charge in [-0.2, -0.15) is 0 Å². The molecule has 4 rings (SSSR count). The van der Waals surface area contributed by atoms with Gasteiger partial charge >= 0.3 is 0 Å². The van der Waals surface area contributed by atoms with Crippen LogP contribution in [0, 0.1) is 0 Å². The predicted octanol–water partition coefficient (Wildman–Crippen LogP) is 4.53. The first-order chi connectivity index (χ1) is 13.9. The summed E-state index contributed by atoms with van der Waals surface area (Å²) >= 11 is 7.39. The minimum atomic E-state index is -0.162. The molecule has 5 nitrogen and oxygen atoms in total. The number of rotatable bonds is 6. The number of fused-ring (bicyclic) bond motifs is 1. The van der Waals surface area contributed by atoms with Gasteiger partial charge in [-0.3, -0.25) is 14.2 Å². The molecule has 0 atom stereocenters. The molecule has 1 heterocycles. The molecule has 1 saturated carbocycles. The zero-order chi connectivity index (χ0) is 20.5. The normalized spacial score (nSPS) is 13.8. The van der Waals surface area contributed by atoms with Gasteiger partial charge in [-0.25, -0.2) is 4.98 Å². The Bertz CT molecular complexity index is 1140. The van der Waals surface area contributed by atoms with Gasteiger partial charge in [-0.15, -0.1) is 0 Å². The molecule has 1 aliphatic rings. The lowest BCUT2D eigenvalue weighted by molar-refractivity contribution is -0.118. The monoisotopic (exact) mass is 427 g/mol. The minimum absolute atomic E-state index is 0.0402. The molecule has 1 fully saturated rings. The maximum absolute atomic E-state index is 13.4. The number of hydrogen-bond acceptors (Lipinski definition) is 4. The molecule has 0 radical (unpaired) electrons. The summed E-state index contributed by atoms with van der Waals surface area (Å²) in [5, 5.41) is 4.49. The van der Waals surface area contributed by atoms with Crippen molar-refractivity contribution in [3.63, 3.8) is 0 Å². The van der Waals surface area contributed by atoms with Crippen LogP contribution >= 0.6 is 23.4 Å². The molecule has 0 aliphatic heterocycles. The summed E-state index contributed by atoms with van der Waals surface area (Å²) in [7, 11) is 0. The number of nitrogens with zero attached hydrogens (tertiary/aromatic N) is 2. The first kappa shape index (κ1) is 20.0. The topological polar surface area (TPSA) is 64.0 Å². The minimum Gasteiger partial charge on any atom is -0.353 e. The van der Waals surface area contributed by atoms with E-state index in [0.29, 0.717) is 27.1 Å². The second-order valence-electron chi connectivity index (χ2n) is 7.54. The van der Waals surface area contributed by atoms with Crippen LogP contribution < -0.4 is 10.9 Å². The van der Waals surface area contributed by atoms with Crippen molar-refractivity contribution in [3.8, 4) is 5.69 Å². The largest absolute Gasteiger partial charge is 0.353 e. The van der Waals surface area contributed by atoms with Crippen LogP contribution in [0.3, 0.4) is 0 Å². The second kappa shape index (κ2) is 8.20. The Morgan fingerprint density at radius 2 is 2.03 bits per heavy atom. The molecule has 1 N–H and O–H groups in total. The van der Waals surface area contributed by atoms with Gasteiger partial charge < -0.3 is 5.32 Å². The lowest BCUT2D eigenvalue weighted by Gasteiger charge is -2.18. The van der Waals surface area contributed by atoms with E-state index in [1.165, 1.54) is 11.8 Å². The van der Waals surface area contributed by atoms with Crippen LogP contribution in [0.5, 0.6) is 0 Å². The third-order valence-electron chi connectivity index (χ3n) is 4.88. The SMILES string of the molecule is CC(C)c1ccccc1-n1c(SCC(=O)NC2CC2)nc2cc(Cl)ccc2c1=O. The molecule has 0 saturated heterocycles. The number of para-hydroxylation sites is 1. The third-order valence-corrected chi connectivity index (χ3v) is 6.05. The molecule has 0 bridgehead atoms. The Labute approximate surface area is 178 Å². The average Bonchev–Trinajstić information content (AvgIpc) is 3.50. The molecule has 2 aromatic carbocycles. The lowest BCUT2D eigenvalue weighted by atomic mass is 10.0. The third kappa shape index (κ3) is 4.33. The Hall–Kier alpha value is -2.31. The van der Waals surface area contributed by atoms with Gasteiger partial charge in [0.15, 0.2) is 5.16 Å². The first-order valence-corrected chi connectivity index (χ1v) is 11.0. The molecule has 3 aromatic rings. The van der Waals surface area contributed by atoms with Gasteiger partial charge in [0.2, 0.25) is 5.91 Å². The van der Waals surface area contributed by atoms with E-state index in [4.69, 9.17) is 16.6 Å². The molecule has 0 spiro atoms. The summed E-state index contributed by atoms with van der Waals surface area (Å²) in [6.07, 6.45) is 2.07. The zero-order valence-corrected chi connectivity index (χ0v) is 17.9. The van der Waals surface area contributed by atoms with Crippen molar-refractivity contribution < 1.29 is 4.79 Å². The van der Waals surface area contributed by atoms with Crippen molar-refractivity contribution in [1.82, 2.24) is 14.9 Å². The molecule has 0 unspecified atom stereocenters. The molecule has 1 amide bonds.